The van der Waals surface area contributed by atoms with Crippen molar-refractivity contribution in [2.75, 3.05) is 0 Å². The van der Waals surface area contributed by atoms with Gasteiger partial charge in [0.1, 0.15) is 5.82 Å². The lowest BCUT2D eigenvalue weighted by Crippen LogP contribution is -1.82. The van der Waals surface area contributed by atoms with Crippen LogP contribution >= 0.6 is 0 Å². The van der Waals surface area contributed by atoms with Crippen LogP contribution in [0.5, 0.6) is 5.75 Å². The first-order valence-corrected chi connectivity index (χ1v) is 2.79. The fourth-order valence-corrected chi connectivity index (χ4v) is 0.699. The molecule has 0 atom stereocenters. The van der Waals surface area contributed by atoms with Gasteiger partial charge in [0.15, 0.2) is 5.75 Å². The van der Waals surface area contributed by atoms with Crippen LogP contribution in [0.1, 0.15) is 5.56 Å². The lowest BCUT2D eigenvalue weighted by atomic mass is 10.2. The Hall–Kier alpha value is -1.12. The number of aryl methyl sites for hydroxylation is 1. The van der Waals surface area contributed by atoms with E-state index in [1.165, 1.54) is 12.1 Å². The maximum Gasteiger partial charge on any atom is 0.174 e. The maximum absolute atomic E-state index is 12.3. The molecule has 1 aromatic rings. The Bertz CT molecular complexity index is 235. The lowest BCUT2D eigenvalue weighted by Gasteiger charge is -1.97. The average molecular weight is 144 g/mol. The first-order chi connectivity index (χ1) is 4.74. The largest absolute Gasteiger partial charge is 0.294 e. The van der Waals surface area contributed by atoms with E-state index in [1.54, 1.807) is 6.92 Å². The molecule has 0 saturated carbocycles. The summed E-state index contributed by atoms with van der Waals surface area (Å²) in [5, 5.41) is 0. The Morgan fingerprint density at radius 3 is 2.60 bits per heavy atom. The summed E-state index contributed by atoms with van der Waals surface area (Å²) < 4.78 is 23.8. The number of halogens is 2. The van der Waals surface area contributed by atoms with Crippen LogP contribution in [0.4, 0.5) is 8.92 Å². The van der Waals surface area contributed by atoms with Gasteiger partial charge in [-0.25, -0.2) is 4.39 Å². The molecular formula is C7H6F2O. The third kappa shape index (κ3) is 1.23. The van der Waals surface area contributed by atoms with Gasteiger partial charge >= 0.3 is 0 Å². The van der Waals surface area contributed by atoms with Crippen LogP contribution in [0.25, 0.3) is 0 Å². The molecule has 0 radical (unpaired) electrons. The van der Waals surface area contributed by atoms with Gasteiger partial charge in [0.25, 0.3) is 0 Å². The van der Waals surface area contributed by atoms with E-state index in [0.717, 1.165) is 6.07 Å². The molecule has 0 spiro atoms. The van der Waals surface area contributed by atoms with Crippen molar-refractivity contribution in [2.24, 2.45) is 0 Å². The van der Waals surface area contributed by atoms with Crippen LogP contribution in [-0.2, 0) is 0 Å². The minimum atomic E-state index is -0.390. The van der Waals surface area contributed by atoms with Crippen LogP contribution in [0.3, 0.4) is 0 Å². The van der Waals surface area contributed by atoms with Crippen molar-refractivity contribution in [3.8, 4) is 5.75 Å². The van der Waals surface area contributed by atoms with Crippen molar-refractivity contribution in [1.82, 2.24) is 0 Å². The number of hydrogen-bond donors (Lipinski definition) is 0. The van der Waals surface area contributed by atoms with E-state index in [1.807, 2.05) is 0 Å². The second-order valence-corrected chi connectivity index (χ2v) is 1.99. The minimum Gasteiger partial charge on any atom is -0.294 e. The van der Waals surface area contributed by atoms with E-state index in [0.29, 0.717) is 5.56 Å². The van der Waals surface area contributed by atoms with Crippen molar-refractivity contribution in [3.63, 3.8) is 0 Å². The third-order valence-corrected chi connectivity index (χ3v) is 1.22. The molecule has 1 aromatic carbocycles. The molecular weight excluding hydrogens is 138 g/mol. The fourth-order valence-electron chi connectivity index (χ4n) is 0.699. The third-order valence-electron chi connectivity index (χ3n) is 1.22. The maximum atomic E-state index is 12.3. The Labute approximate surface area is 57.1 Å². The highest BCUT2D eigenvalue weighted by molar-refractivity contribution is 5.31. The van der Waals surface area contributed by atoms with E-state index in [2.05, 4.69) is 4.94 Å². The molecule has 0 unspecified atom stereocenters. The zero-order valence-corrected chi connectivity index (χ0v) is 5.40. The number of benzene rings is 1. The van der Waals surface area contributed by atoms with Gasteiger partial charge in [0.2, 0.25) is 0 Å². The molecule has 0 aliphatic carbocycles. The zero-order valence-electron chi connectivity index (χ0n) is 5.40. The molecule has 0 fully saturated rings. The highest BCUT2D eigenvalue weighted by atomic mass is 19.3. The van der Waals surface area contributed by atoms with E-state index in [-0.39, 0.29) is 5.75 Å². The molecule has 0 bridgehead atoms. The van der Waals surface area contributed by atoms with Gasteiger partial charge < -0.3 is 0 Å². The van der Waals surface area contributed by atoms with Crippen LogP contribution < -0.4 is 4.94 Å². The van der Waals surface area contributed by atoms with Crippen LogP contribution in [0.15, 0.2) is 18.2 Å². The monoisotopic (exact) mass is 144 g/mol. The van der Waals surface area contributed by atoms with Gasteiger partial charge in [-0.05, 0) is 30.7 Å². The van der Waals surface area contributed by atoms with Gasteiger partial charge in [-0.15, -0.1) is 0 Å². The Morgan fingerprint density at radius 2 is 2.10 bits per heavy atom. The molecule has 3 heteroatoms. The second kappa shape index (κ2) is 2.64. The standard InChI is InChI=1S/C7H6F2O/c1-5-4-6(8)2-3-7(5)10-9/h2-4H,1H3. The summed E-state index contributed by atoms with van der Waals surface area (Å²) >= 11 is 0. The summed E-state index contributed by atoms with van der Waals surface area (Å²) in [5.74, 6) is -0.334. The van der Waals surface area contributed by atoms with Crippen LogP contribution in [0.2, 0.25) is 0 Å². The van der Waals surface area contributed by atoms with Gasteiger partial charge in [-0.3, -0.25) is 4.94 Å². The van der Waals surface area contributed by atoms with Crippen LogP contribution in [-0.4, -0.2) is 0 Å². The van der Waals surface area contributed by atoms with Crippen molar-refractivity contribution in [1.29, 1.82) is 0 Å². The average Bonchev–Trinajstić information content (AvgIpc) is 1.88. The molecule has 1 rings (SSSR count). The molecule has 0 N–H and O–H groups in total. The van der Waals surface area contributed by atoms with Gasteiger partial charge in [-0.1, -0.05) is 0 Å². The van der Waals surface area contributed by atoms with Gasteiger partial charge in [-0.2, -0.15) is 0 Å². The molecule has 0 heterocycles. The Morgan fingerprint density at radius 1 is 1.40 bits per heavy atom. The van der Waals surface area contributed by atoms with Gasteiger partial charge in [0.05, 0.1) is 0 Å². The summed E-state index contributed by atoms with van der Waals surface area (Å²) in [6, 6.07) is 3.58. The van der Waals surface area contributed by atoms with E-state index in [4.69, 9.17) is 0 Å². The van der Waals surface area contributed by atoms with Gasteiger partial charge in [0, 0.05) is 4.53 Å². The van der Waals surface area contributed by atoms with Crippen molar-refractivity contribution >= 4 is 0 Å². The molecule has 0 amide bonds. The highest BCUT2D eigenvalue weighted by Gasteiger charge is 1.99. The molecule has 10 heavy (non-hydrogen) atoms. The predicted octanol–water partition coefficient (Wildman–Crippen LogP) is 2.40. The Kier molecular flexibility index (Phi) is 1.85. The predicted molar refractivity (Wildman–Crippen MR) is 32.9 cm³/mol. The highest BCUT2D eigenvalue weighted by Crippen LogP contribution is 2.17. The fraction of sp³-hybridized carbons (Fsp3) is 0.143. The Balaban J connectivity index is 3.07. The van der Waals surface area contributed by atoms with Crippen LogP contribution in [0, 0.1) is 12.7 Å². The van der Waals surface area contributed by atoms with E-state index < -0.39 is 5.82 Å². The molecule has 0 aliphatic rings. The van der Waals surface area contributed by atoms with Crippen molar-refractivity contribution in [3.05, 3.63) is 29.6 Å². The van der Waals surface area contributed by atoms with E-state index in [9.17, 15) is 8.92 Å². The number of hydrogen-bond acceptors (Lipinski definition) is 1. The SMILES string of the molecule is Cc1cc(F)ccc1OF. The lowest BCUT2D eigenvalue weighted by molar-refractivity contribution is -0.00709. The van der Waals surface area contributed by atoms with E-state index >= 15 is 0 Å². The first-order valence-electron chi connectivity index (χ1n) is 2.79. The second-order valence-electron chi connectivity index (χ2n) is 1.99. The normalized spacial score (nSPS) is 9.50. The first kappa shape index (κ1) is 6.99. The smallest absolute Gasteiger partial charge is 0.174 e. The number of rotatable bonds is 1. The van der Waals surface area contributed by atoms with Crippen molar-refractivity contribution in [2.45, 2.75) is 6.92 Å². The topological polar surface area (TPSA) is 9.23 Å². The molecule has 0 aromatic heterocycles. The molecule has 54 valence electrons. The summed E-state index contributed by atoms with van der Waals surface area (Å²) in [6.07, 6.45) is 0. The summed E-state index contributed by atoms with van der Waals surface area (Å²) in [4.78, 5) is 3.43. The van der Waals surface area contributed by atoms with Crippen molar-refractivity contribution < 1.29 is 13.9 Å². The molecule has 0 aliphatic heterocycles. The quantitative estimate of drug-likeness (QED) is 0.588. The summed E-state index contributed by atoms with van der Waals surface area (Å²) in [6.45, 7) is 1.57. The molecule has 1 nitrogen and oxygen atoms in total. The zero-order chi connectivity index (χ0) is 7.56. The molecule has 0 saturated heterocycles. The minimum absolute atomic E-state index is 0.0569. The summed E-state index contributed by atoms with van der Waals surface area (Å²) in [7, 11) is 0. The summed E-state index contributed by atoms with van der Waals surface area (Å²) in [5.41, 5.74) is 0.447.